The summed E-state index contributed by atoms with van der Waals surface area (Å²) in [5.41, 5.74) is 1.15. The van der Waals surface area contributed by atoms with Crippen molar-refractivity contribution in [1.82, 2.24) is 10.6 Å². The molecular weight excluding hydrogens is 473 g/mol. The van der Waals surface area contributed by atoms with Crippen molar-refractivity contribution in [3.63, 3.8) is 0 Å². The van der Waals surface area contributed by atoms with Crippen LogP contribution in [-0.2, 0) is 17.8 Å². The number of aryl methyl sites for hydroxylation is 1. The zero-order valence-electron chi connectivity index (χ0n) is 16.3. The first-order valence-electron chi connectivity index (χ1n) is 8.99. The van der Waals surface area contributed by atoms with Crippen molar-refractivity contribution in [2.45, 2.75) is 33.4 Å². The summed E-state index contributed by atoms with van der Waals surface area (Å²) in [4.78, 5) is 7.33. The molecule has 7 heteroatoms. The Balaban J connectivity index is 0.00000364. The van der Waals surface area contributed by atoms with Crippen molar-refractivity contribution in [2.24, 2.45) is 4.99 Å². The lowest BCUT2D eigenvalue weighted by Crippen LogP contribution is -2.37. The molecule has 0 saturated heterocycles. The maximum Gasteiger partial charge on any atom is 0.191 e. The number of halogens is 1. The van der Waals surface area contributed by atoms with E-state index in [9.17, 15) is 0 Å². The van der Waals surface area contributed by atoms with E-state index in [2.05, 4.69) is 29.7 Å². The average molecular weight is 503 g/mol. The molecule has 1 aromatic carbocycles. The van der Waals surface area contributed by atoms with Crippen LogP contribution in [0.25, 0.3) is 0 Å². The van der Waals surface area contributed by atoms with Gasteiger partial charge in [0.1, 0.15) is 5.75 Å². The molecule has 0 spiro atoms. The second kappa shape index (κ2) is 13.8. The van der Waals surface area contributed by atoms with E-state index in [0.29, 0.717) is 6.54 Å². The summed E-state index contributed by atoms with van der Waals surface area (Å²) in [6.45, 7) is 7.89. The van der Waals surface area contributed by atoms with Gasteiger partial charge in [-0.15, -0.1) is 35.3 Å². The Hall–Kier alpha value is -1.32. The fourth-order valence-corrected chi connectivity index (χ4v) is 3.18. The van der Waals surface area contributed by atoms with Crippen LogP contribution in [-0.4, -0.2) is 32.8 Å². The lowest BCUT2D eigenvalue weighted by atomic mass is 10.2. The number of benzene rings is 1. The van der Waals surface area contributed by atoms with Gasteiger partial charge in [-0.05, 0) is 50.1 Å². The Morgan fingerprint density at radius 2 is 1.89 bits per heavy atom. The van der Waals surface area contributed by atoms with Crippen LogP contribution in [0.3, 0.4) is 0 Å². The number of ether oxygens (including phenoxy) is 2. The Morgan fingerprint density at radius 3 is 2.52 bits per heavy atom. The minimum Gasteiger partial charge on any atom is -0.497 e. The molecule has 0 aliphatic rings. The minimum absolute atomic E-state index is 0. The van der Waals surface area contributed by atoms with E-state index in [1.165, 1.54) is 9.75 Å². The molecule has 0 aliphatic heterocycles. The quantitative estimate of drug-likeness (QED) is 0.219. The molecule has 27 heavy (non-hydrogen) atoms. The summed E-state index contributed by atoms with van der Waals surface area (Å²) in [6, 6.07) is 12.3. The number of hydrogen-bond donors (Lipinski definition) is 2. The molecule has 2 rings (SSSR count). The van der Waals surface area contributed by atoms with Crippen LogP contribution in [0, 0.1) is 6.92 Å². The highest BCUT2D eigenvalue weighted by Crippen LogP contribution is 2.14. The molecule has 150 valence electrons. The molecule has 0 atom stereocenters. The largest absolute Gasteiger partial charge is 0.497 e. The van der Waals surface area contributed by atoms with Gasteiger partial charge in [0.2, 0.25) is 0 Å². The average Bonchev–Trinajstić information content (AvgIpc) is 3.08. The van der Waals surface area contributed by atoms with Gasteiger partial charge in [0.15, 0.2) is 5.96 Å². The lowest BCUT2D eigenvalue weighted by molar-refractivity contribution is 0.145. The number of nitrogens with one attached hydrogen (secondary N) is 2. The van der Waals surface area contributed by atoms with E-state index < -0.39 is 0 Å². The molecule has 1 aromatic heterocycles. The highest BCUT2D eigenvalue weighted by Gasteiger charge is 2.02. The van der Waals surface area contributed by atoms with Gasteiger partial charge in [0, 0.05) is 29.5 Å². The number of methoxy groups -OCH3 is 1. The maximum absolute atomic E-state index is 5.39. The molecule has 0 saturated carbocycles. The number of aliphatic imine (C=N–C) groups is 1. The molecule has 0 amide bonds. The van der Waals surface area contributed by atoms with Gasteiger partial charge in [0.05, 0.1) is 20.2 Å². The number of hydrogen-bond acceptors (Lipinski definition) is 4. The van der Waals surface area contributed by atoms with Crippen molar-refractivity contribution < 1.29 is 9.47 Å². The smallest absolute Gasteiger partial charge is 0.191 e. The molecule has 0 fully saturated rings. The van der Waals surface area contributed by atoms with Gasteiger partial charge in [0.25, 0.3) is 0 Å². The van der Waals surface area contributed by atoms with Crippen LogP contribution in [0.5, 0.6) is 5.75 Å². The van der Waals surface area contributed by atoms with Gasteiger partial charge < -0.3 is 20.1 Å². The molecule has 1 heterocycles. The molecule has 2 N–H and O–H groups in total. The second-order valence-electron chi connectivity index (χ2n) is 5.86. The van der Waals surface area contributed by atoms with E-state index in [1.54, 1.807) is 18.4 Å². The van der Waals surface area contributed by atoms with Gasteiger partial charge in [-0.2, -0.15) is 0 Å². The van der Waals surface area contributed by atoms with Gasteiger partial charge in [-0.1, -0.05) is 12.1 Å². The third-order valence-corrected chi connectivity index (χ3v) is 4.77. The standard InChI is InChI=1S/C20H29N3O2S.HI/c1-4-25-13-5-12-21-20(23-15-19-11-6-16(2)26-19)22-14-17-7-9-18(24-3)10-8-17;/h6-11H,4-5,12-15H2,1-3H3,(H2,21,22,23);1H. The van der Waals surface area contributed by atoms with Crippen LogP contribution < -0.4 is 15.4 Å². The molecule has 0 aliphatic carbocycles. The van der Waals surface area contributed by atoms with Gasteiger partial charge in [-0.3, -0.25) is 0 Å². The Morgan fingerprint density at radius 1 is 1.11 bits per heavy atom. The summed E-state index contributed by atoms with van der Waals surface area (Å²) in [5, 5.41) is 6.80. The lowest BCUT2D eigenvalue weighted by Gasteiger charge is -2.12. The van der Waals surface area contributed by atoms with Gasteiger partial charge in [-0.25, -0.2) is 4.99 Å². The molecule has 5 nitrogen and oxygen atoms in total. The summed E-state index contributed by atoms with van der Waals surface area (Å²) < 4.78 is 10.6. The Bertz CT molecular complexity index is 674. The van der Waals surface area contributed by atoms with Crippen molar-refractivity contribution in [3.8, 4) is 5.75 Å². The fraction of sp³-hybridized carbons (Fsp3) is 0.450. The van der Waals surface area contributed by atoms with E-state index in [4.69, 9.17) is 14.5 Å². The molecule has 2 aromatic rings. The SMILES string of the molecule is CCOCCCNC(=NCc1ccc(OC)cc1)NCc1ccc(C)s1.I. The topological polar surface area (TPSA) is 54.9 Å². The monoisotopic (exact) mass is 503 g/mol. The molecule has 0 bridgehead atoms. The number of rotatable bonds is 10. The highest BCUT2D eigenvalue weighted by molar-refractivity contribution is 14.0. The first-order valence-corrected chi connectivity index (χ1v) is 9.81. The summed E-state index contributed by atoms with van der Waals surface area (Å²) in [5.74, 6) is 1.68. The Labute approximate surface area is 183 Å². The summed E-state index contributed by atoms with van der Waals surface area (Å²) in [6.07, 6.45) is 0.954. The minimum atomic E-state index is 0. The molecular formula is C20H30IN3O2S. The van der Waals surface area contributed by atoms with E-state index in [-0.39, 0.29) is 24.0 Å². The first kappa shape index (κ1) is 23.7. The van der Waals surface area contributed by atoms with Crippen molar-refractivity contribution in [3.05, 3.63) is 51.7 Å². The van der Waals surface area contributed by atoms with Gasteiger partial charge >= 0.3 is 0 Å². The van der Waals surface area contributed by atoms with E-state index in [0.717, 1.165) is 50.0 Å². The third kappa shape index (κ3) is 9.44. The van der Waals surface area contributed by atoms with Crippen LogP contribution >= 0.6 is 35.3 Å². The van der Waals surface area contributed by atoms with Crippen LogP contribution in [0.1, 0.15) is 28.7 Å². The summed E-state index contributed by atoms with van der Waals surface area (Å²) in [7, 11) is 1.67. The fourth-order valence-electron chi connectivity index (χ4n) is 2.35. The molecule has 0 unspecified atom stereocenters. The summed E-state index contributed by atoms with van der Waals surface area (Å²) >= 11 is 1.80. The molecule has 0 radical (unpaired) electrons. The van der Waals surface area contributed by atoms with Crippen molar-refractivity contribution >= 4 is 41.3 Å². The van der Waals surface area contributed by atoms with Crippen molar-refractivity contribution in [1.29, 1.82) is 0 Å². The van der Waals surface area contributed by atoms with Crippen LogP contribution in [0.15, 0.2) is 41.4 Å². The normalized spacial score (nSPS) is 11.0. The first-order chi connectivity index (χ1) is 12.7. The predicted octanol–water partition coefficient (Wildman–Crippen LogP) is 4.35. The Kier molecular flexibility index (Phi) is 12.1. The van der Waals surface area contributed by atoms with Crippen LogP contribution in [0.2, 0.25) is 0 Å². The second-order valence-corrected chi connectivity index (χ2v) is 7.23. The van der Waals surface area contributed by atoms with Crippen LogP contribution in [0.4, 0.5) is 0 Å². The highest BCUT2D eigenvalue weighted by atomic mass is 127. The maximum atomic E-state index is 5.39. The van der Waals surface area contributed by atoms with Crippen molar-refractivity contribution in [2.75, 3.05) is 26.9 Å². The van der Waals surface area contributed by atoms with E-state index >= 15 is 0 Å². The zero-order valence-corrected chi connectivity index (χ0v) is 19.4. The van der Waals surface area contributed by atoms with E-state index in [1.807, 2.05) is 31.2 Å². The predicted molar refractivity (Wildman–Crippen MR) is 125 cm³/mol. The number of guanidine groups is 1. The number of nitrogens with zero attached hydrogens (tertiary/aromatic N) is 1. The number of thiophene rings is 1. The third-order valence-electron chi connectivity index (χ3n) is 3.77. The zero-order chi connectivity index (χ0) is 18.6.